The third-order valence-electron chi connectivity index (χ3n) is 4.78. The molecule has 0 bridgehead atoms. The summed E-state index contributed by atoms with van der Waals surface area (Å²) >= 11 is 0. The number of hydrogen-bond donors (Lipinski definition) is 1. The van der Waals surface area contributed by atoms with Gasteiger partial charge in [-0.2, -0.15) is 0 Å². The molecule has 0 radical (unpaired) electrons. The third kappa shape index (κ3) is 1.82. The van der Waals surface area contributed by atoms with Crippen LogP contribution in [0.1, 0.15) is 30.6 Å². The molecule has 0 aromatic carbocycles. The predicted molar refractivity (Wildman–Crippen MR) is 80.3 cm³/mol. The quantitative estimate of drug-likeness (QED) is 0.911. The van der Waals surface area contributed by atoms with Crippen molar-refractivity contribution in [3.63, 3.8) is 0 Å². The number of furan rings is 1. The summed E-state index contributed by atoms with van der Waals surface area (Å²) in [6.07, 6.45) is 9.90. The van der Waals surface area contributed by atoms with Crippen LogP contribution < -0.4 is 10.2 Å². The summed E-state index contributed by atoms with van der Waals surface area (Å²) in [6.45, 7) is 2.13. The van der Waals surface area contributed by atoms with E-state index in [1.165, 1.54) is 41.7 Å². The Morgan fingerprint density at radius 2 is 2.20 bits per heavy atom. The number of fused-ring (bicyclic) bond motifs is 3. The molecule has 0 amide bonds. The molecule has 20 heavy (non-hydrogen) atoms. The highest BCUT2D eigenvalue weighted by Gasteiger charge is 2.26. The molecule has 1 unspecified atom stereocenters. The first kappa shape index (κ1) is 12.2. The molecular formula is C16H21N3O. The van der Waals surface area contributed by atoms with Crippen LogP contribution in [-0.2, 0) is 12.8 Å². The Morgan fingerprint density at radius 1 is 1.30 bits per heavy atom. The van der Waals surface area contributed by atoms with Gasteiger partial charge in [-0.25, -0.2) is 0 Å². The molecule has 1 fully saturated rings. The van der Waals surface area contributed by atoms with E-state index in [0.717, 1.165) is 31.5 Å². The molecule has 4 rings (SSSR count). The van der Waals surface area contributed by atoms with Gasteiger partial charge in [-0.05, 0) is 32.7 Å². The van der Waals surface area contributed by atoms with Crippen molar-refractivity contribution in [3.05, 3.63) is 23.7 Å². The molecule has 3 heterocycles. The molecule has 1 aliphatic heterocycles. The van der Waals surface area contributed by atoms with Gasteiger partial charge in [-0.3, -0.25) is 4.98 Å². The number of nitrogens with one attached hydrogen (secondary N) is 1. The van der Waals surface area contributed by atoms with Crippen LogP contribution in [0.3, 0.4) is 0 Å². The van der Waals surface area contributed by atoms with Gasteiger partial charge >= 0.3 is 0 Å². The number of nitrogens with zero attached hydrogens (tertiary/aromatic N) is 2. The van der Waals surface area contributed by atoms with Crippen LogP contribution in [0.25, 0.3) is 11.0 Å². The molecule has 106 valence electrons. The summed E-state index contributed by atoms with van der Waals surface area (Å²) in [5, 5.41) is 4.61. The lowest BCUT2D eigenvalue weighted by atomic mass is 9.96. The van der Waals surface area contributed by atoms with Gasteiger partial charge in [0.25, 0.3) is 0 Å². The zero-order valence-electron chi connectivity index (χ0n) is 12.0. The van der Waals surface area contributed by atoms with E-state index < -0.39 is 0 Å². The Morgan fingerprint density at radius 3 is 3.05 bits per heavy atom. The van der Waals surface area contributed by atoms with Crippen molar-refractivity contribution >= 4 is 16.7 Å². The molecule has 0 spiro atoms. The number of aromatic nitrogens is 1. The minimum absolute atomic E-state index is 0.579. The molecule has 2 aromatic rings. The van der Waals surface area contributed by atoms with E-state index in [0.29, 0.717) is 6.04 Å². The lowest BCUT2D eigenvalue weighted by molar-refractivity contribution is 0.505. The lowest BCUT2D eigenvalue weighted by Gasteiger charge is -2.18. The molecule has 1 N–H and O–H groups in total. The summed E-state index contributed by atoms with van der Waals surface area (Å²) < 4.78 is 6.20. The fraction of sp³-hybridized carbons (Fsp3) is 0.562. The number of aryl methyl sites for hydroxylation is 2. The monoisotopic (exact) mass is 271 g/mol. The van der Waals surface area contributed by atoms with E-state index in [2.05, 4.69) is 15.2 Å². The smallest absolute Gasteiger partial charge is 0.160 e. The topological polar surface area (TPSA) is 41.3 Å². The first-order chi connectivity index (χ1) is 9.86. The maximum atomic E-state index is 6.20. The number of anilines is 1. The molecule has 1 saturated heterocycles. The van der Waals surface area contributed by atoms with E-state index in [4.69, 9.17) is 4.42 Å². The standard InChI is InChI=1S/C16H21N3O/c1-17-11-6-7-19(10-11)14-9-18-8-13-12-4-2-3-5-15(12)20-16(13)14/h8-9,11,17H,2-7,10H2,1H3. The average molecular weight is 271 g/mol. The largest absolute Gasteiger partial charge is 0.458 e. The fourth-order valence-electron chi connectivity index (χ4n) is 3.60. The Bertz CT molecular complexity index is 634. The molecule has 0 saturated carbocycles. The van der Waals surface area contributed by atoms with Crippen LogP contribution in [0.4, 0.5) is 5.69 Å². The first-order valence-electron chi connectivity index (χ1n) is 7.67. The van der Waals surface area contributed by atoms with Crippen LogP contribution in [0, 0.1) is 0 Å². The van der Waals surface area contributed by atoms with E-state index in [9.17, 15) is 0 Å². The Hall–Kier alpha value is -1.55. The Kier molecular flexibility index (Phi) is 2.91. The fourth-order valence-corrected chi connectivity index (χ4v) is 3.60. The summed E-state index contributed by atoms with van der Waals surface area (Å²) in [5.74, 6) is 1.20. The molecule has 1 atom stereocenters. The maximum Gasteiger partial charge on any atom is 0.160 e. The lowest BCUT2D eigenvalue weighted by Crippen LogP contribution is -2.29. The molecule has 4 nitrogen and oxygen atoms in total. The van der Waals surface area contributed by atoms with Crippen molar-refractivity contribution in [3.8, 4) is 0 Å². The summed E-state index contributed by atoms with van der Waals surface area (Å²) in [4.78, 5) is 6.87. The first-order valence-corrected chi connectivity index (χ1v) is 7.67. The van der Waals surface area contributed by atoms with E-state index in [-0.39, 0.29) is 0 Å². The minimum atomic E-state index is 0.579. The zero-order chi connectivity index (χ0) is 13.5. The second-order valence-electron chi connectivity index (χ2n) is 5.97. The van der Waals surface area contributed by atoms with Crippen molar-refractivity contribution in [1.29, 1.82) is 0 Å². The summed E-state index contributed by atoms with van der Waals surface area (Å²) in [7, 11) is 2.04. The normalized spacial score (nSPS) is 22.4. The van der Waals surface area contributed by atoms with Crippen LogP contribution in [0.5, 0.6) is 0 Å². The molecule has 2 aliphatic rings. The van der Waals surface area contributed by atoms with Gasteiger partial charge in [-0.15, -0.1) is 0 Å². The second-order valence-corrected chi connectivity index (χ2v) is 5.97. The van der Waals surface area contributed by atoms with Crippen molar-refractivity contribution in [2.45, 2.75) is 38.1 Å². The van der Waals surface area contributed by atoms with E-state index in [1.807, 2.05) is 19.4 Å². The molecule has 1 aliphatic carbocycles. The minimum Gasteiger partial charge on any atom is -0.458 e. The summed E-state index contributed by atoms with van der Waals surface area (Å²) in [5.41, 5.74) is 3.64. The number of pyridine rings is 1. The van der Waals surface area contributed by atoms with E-state index in [1.54, 1.807) is 0 Å². The van der Waals surface area contributed by atoms with Crippen molar-refractivity contribution in [1.82, 2.24) is 10.3 Å². The van der Waals surface area contributed by atoms with Gasteiger partial charge in [-0.1, -0.05) is 0 Å². The Labute approximate surface area is 119 Å². The van der Waals surface area contributed by atoms with Crippen LogP contribution in [0.2, 0.25) is 0 Å². The second kappa shape index (κ2) is 4.77. The number of hydrogen-bond acceptors (Lipinski definition) is 4. The highest BCUT2D eigenvalue weighted by molar-refractivity contribution is 5.92. The van der Waals surface area contributed by atoms with Crippen molar-refractivity contribution in [2.75, 3.05) is 25.0 Å². The van der Waals surface area contributed by atoms with Crippen LogP contribution in [0.15, 0.2) is 16.8 Å². The summed E-state index contributed by atoms with van der Waals surface area (Å²) in [6, 6.07) is 0.579. The van der Waals surface area contributed by atoms with E-state index >= 15 is 0 Å². The molecular weight excluding hydrogens is 250 g/mol. The van der Waals surface area contributed by atoms with Gasteiger partial charge < -0.3 is 14.6 Å². The number of likely N-dealkylation sites (N-methyl/N-ethyl adjacent to an activating group) is 1. The van der Waals surface area contributed by atoms with Crippen molar-refractivity contribution in [2.24, 2.45) is 0 Å². The van der Waals surface area contributed by atoms with Crippen molar-refractivity contribution < 1.29 is 4.42 Å². The van der Waals surface area contributed by atoms with Gasteiger partial charge in [0.1, 0.15) is 5.76 Å². The highest BCUT2D eigenvalue weighted by atomic mass is 16.3. The zero-order valence-corrected chi connectivity index (χ0v) is 12.0. The van der Waals surface area contributed by atoms with Gasteiger partial charge in [0, 0.05) is 42.7 Å². The average Bonchev–Trinajstić information content (AvgIpc) is 3.11. The van der Waals surface area contributed by atoms with Crippen LogP contribution >= 0.6 is 0 Å². The number of rotatable bonds is 2. The van der Waals surface area contributed by atoms with Crippen LogP contribution in [-0.4, -0.2) is 31.2 Å². The Balaban J connectivity index is 1.78. The molecule has 2 aromatic heterocycles. The van der Waals surface area contributed by atoms with Gasteiger partial charge in [0.2, 0.25) is 0 Å². The van der Waals surface area contributed by atoms with Gasteiger partial charge in [0.05, 0.1) is 11.9 Å². The predicted octanol–water partition coefficient (Wildman–Crippen LogP) is 2.50. The maximum absolute atomic E-state index is 6.20. The SMILES string of the molecule is CNC1CCN(c2cncc3c4c(oc23)CCCC4)C1. The van der Waals surface area contributed by atoms with Gasteiger partial charge in [0.15, 0.2) is 5.58 Å². The highest BCUT2D eigenvalue weighted by Crippen LogP contribution is 2.37. The third-order valence-corrected chi connectivity index (χ3v) is 4.78. The molecule has 4 heteroatoms.